The van der Waals surface area contributed by atoms with E-state index in [1.807, 2.05) is 0 Å². The van der Waals surface area contributed by atoms with Gasteiger partial charge in [0.15, 0.2) is 0 Å². The van der Waals surface area contributed by atoms with E-state index < -0.39 is 0 Å². The van der Waals surface area contributed by atoms with Crippen LogP contribution in [0.15, 0.2) is 0 Å². The molecule has 2 rings (SSSR count). The summed E-state index contributed by atoms with van der Waals surface area (Å²) in [5, 5.41) is 0. The van der Waals surface area contributed by atoms with Crippen molar-refractivity contribution >= 4 is 0 Å². The molecule has 0 saturated heterocycles. The maximum Gasteiger partial charge on any atom is 0.0292 e. The zero-order chi connectivity index (χ0) is 9.31. The Hall–Kier alpha value is -0.0800. The number of nitrogens with one attached hydrogen (secondary N) is 1. The van der Waals surface area contributed by atoms with E-state index in [4.69, 9.17) is 5.84 Å². The molecule has 0 aliphatic heterocycles. The summed E-state index contributed by atoms with van der Waals surface area (Å²) in [7, 11) is 0. The summed E-state index contributed by atoms with van der Waals surface area (Å²) in [5.41, 5.74) is 3.59. The molecule has 0 aromatic heterocycles. The molecule has 13 heavy (non-hydrogen) atoms. The second-order valence-corrected chi connectivity index (χ2v) is 5.20. The second kappa shape index (κ2) is 3.58. The van der Waals surface area contributed by atoms with E-state index in [0.717, 1.165) is 5.92 Å². The van der Waals surface area contributed by atoms with Crippen LogP contribution in [0.4, 0.5) is 0 Å². The van der Waals surface area contributed by atoms with E-state index in [1.54, 1.807) is 0 Å². The second-order valence-electron chi connectivity index (χ2n) is 5.20. The third-order valence-electron chi connectivity index (χ3n) is 4.30. The minimum Gasteiger partial charge on any atom is -0.271 e. The first-order chi connectivity index (χ1) is 6.26. The first-order valence-electron chi connectivity index (χ1n) is 5.72. The first-order valence-corrected chi connectivity index (χ1v) is 5.72. The van der Waals surface area contributed by atoms with Crippen LogP contribution in [0.3, 0.4) is 0 Å². The molecule has 0 radical (unpaired) electrons. The number of hydrogen-bond acceptors (Lipinski definition) is 2. The molecule has 0 heterocycles. The van der Waals surface area contributed by atoms with Gasteiger partial charge < -0.3 is 0 Å². The van der Waals surface area contributed by atoms with Crippen LogP contribution >= 0.6 is 0 Å². The average Bonchev–Trinajstić information content (AvgIpc) is 2.44. The van der Waals surface area contributed by atoms with Gasteiger partial charge in [0.2, 0.25) is 0 Å². The molecule has 0 aromatic rings. The minimum atomic E-state index is 0.500. The van der Waals surface area contributed by atoms with Gasteiger partial charge in [-0.25, -0.2) is 0 Å². The normalized spacial score (nSPS) is 30.0. The van der Waals surface area contributed by atoms with Crippen LogP contribution in [0.2, 0.25) is 0 Å². The third kappa shape index (κ3) is 1.62. The fourth-order valence-corrected chi connectivity index (χ4v) is 3.17. The standard InChI is InChI=1S/C11H22N2/c1-11(7-2-3-8-11)10(13-12)9-5-4-6-9/h9-10,13H,2-8,12H2,1H3. The van der Waals surface area contributed by atoms with Crippen molar-refractivity contribution in [3.63, 3.8) is 0 Å². The Morgan fingerprint density at radius 2 is 1.85 bits per heavy atom. The Labute approximate surface area is 81.2 Å². The van der Waals surface area contributed by atoms with Crippen molar-refractivity contribution in [2.75, 3.05) is 0 Å². The highest BCUT2D eigenvalue weighted by atomic mass is 15.2. The molecular formula is C11H22N2. The van der Waals surface area contributed by atoms with Gasteiger partial charge in [0, 0.05) is 6.04 Å². The predicted octanol–water partition coefficient (Wildman–Crippen LogP) is 2.20. The fourth-order valence-electron chi connectivity index (χ4n) is 3.17. The molecule has 2 saturated carbocycles. The molecule has 2 fully saturated rings. The van der Waals surface area contributed by atoms with Crippen LogP contribution in [0.1, 0.15) is 51.9 Å². The summed E-state index contributed by atoms with van der Waals surface area (Å²) in [4.78, 5) is 0. The molecular weight excluding hydrogens is 160 g/mol. The number of hydrogen-bond donors (Lipinski definition) is 2. The van der Waals surface area contributed by atoms with Gasteiger partial charge in [-0.3, -0.25) is 11.3 Å². The van der Waals surface area contributed by atoms with Crippen molar-refractivity contribution in [3.8, 4) is 0 Å². The monoisotopic (exact) mass is 182 g/mol. The van der Waals surface area contributed by atoms with Gasteiger partial charge in [-0.15, -0.1) is 0 Å². The van der Waals surface area contributed by atoms with E-state index in [-0.39, 0.29) is 0 Å². The highest BCUT2D eigenvalue weighted by Crippen LogP contribution is 2.46. The average molecular weight is 182 g/mol. The molecule has 76 valence electrons. The van der Waals surface area contributed by atoms with E-state index in [0.29, 0.717) is 11.5 Å². The first kappa shape index (κ1) is 9.47. The molecule has 0 amide bonds. The largest absolute Gasteiger partial charge is 0.271 e. The van der Waals surface area contributed by atoms with Crippen molar-refractivity contribution in [1.29, 1.82) is 0 Å². The number of nitrogens with two attached hydrogens (primary N) is 1. The molecule has 1 unspecified atom stereocenters. The van der Waals surface area contributed by atoms with Crippen LogP contribution in [0, 0.1) is 11.3 Å². The topological polar surface area (TPSA) is 38.0 Å². The molecule has 2 heteroatoms. The Morgan fingerprint density at radius 1 is 1.23 bits per heavy atom. The SMILES string of the molecule is CC1(C(NN)C2CCC2)CCCC1. The van der Waals surface area contributed by atoms with Crippen LogP contribution < -0.4 is 11.3 Å². The molecule has 2 aliphatic carbocycles. The molecule has 2 nitrogen and oxygen atoms in total. The van der Waals surface area contributed by atoms with Crippen molar-refractivity contribution in [2.24, 2.45) is 17.2 Å². The molecule has 1 atom stereocenters. The smallest absolute Gasteiger partial charge is 0.0292 e. The van der Waals surface area contributed by atoms with Gasteiger partial charge in [-0.2, -0.15) is 0 Å². The van der Waals surface area contributed by atoms with E-state index in [2.05, 4.69) is 12.3 Å². The van der Waals surface area contributed by atoms with Crippen molar-refractivity contribution in [3.05, 3.63) is 0 Å². The van der Waals surface area contributed by atoms with E-state index >= 15 is 0 Å². The van der Waals surface area contributed by atoms with Crippen LogP contribution in [-0.2, 0) is 0 Å². The summed E-state index contributed by atoms with van der Waals surface area (Å²) < 4.78 is 0. The highest BCUT2D eigenvalue weighted by molar-refractivity contribution is 4.96. The van der Waals surface area contributed by atoms with E-state index in [1.165, 1.54) is 44.9 Å². The van der Waals surface area contributed by atoms with Crippen molar-refractivity contribution in [1.82, 2.24) is 5.43 Å². The molecule has 3 N–H and O–H groups in total. The Kier molecular flexibility index (Phi) is 2.61. The predicted molar refractivity (Wildman–Crippen MR) is 55.0 cm³/mol. The zero-order valence-electron chi connectivity index (χ0n) is 8.68. The highest BCUT2D eigenvalue weighted by Gasteiger charge is 2.42. The van der Waals surface area contributed by atoms with E-state index in [9.17, 15) is 0 Å². The van der Waals surface area contributed by atoms with Crippen molar-refractivity contribution in [2.45, 2.75) is 57.9 Å². The number of hydrazine groups is 1. The summed E-state index contributed by atoms with van der Waals surface area (Å²) >= 11 is 0. The van der Waals surface area contributed by atoms with Crippen LogP contribution in [0.5, 0.6) is 0 Å². The molecule has 0 bridgehead atoms. The zero-order valence-corrected chi connectivity index (χ0v) is 8.68. The van der Waals surface area contributed by atoms with Crippen LogP contribution in [0.25, 0.3) is 0 Å². The summed E-state index contributed by atoms with van der Waals surface area (Å²) in [6.45, 7) is 2.42. The lowest BCUT2D eigenvalue weighted by Crippen LogP contribution is -2.52. The van der Waals surface area contributed by atoms with Gasteiger partial charge in [-0.1, -0.05) is 26.2 Å². The third-order valence-corrected chi connectivity index (χ3v) is 4.30. The summed E-state index contributed by atoms with van der Waals surface area (Å²) in [6, 6.07) is 0.587. The van der Waals surface area contributed by atoms with Gasteiger partial charge in [-0.05, 0) is 37.0 Å². The lowest BCUT2D eigenvalue weighted by Gasteiger charge is -2.43. The molecule has 2 aliphatic rings. The van der Waals surface area contributed by atoms with Gasteiger partial charge in [0.05, 0.1) is 0 Å². The fraction of sp³-hybridized carbons (Fsp3) is 1.00. The van der Waals surface area contributed by atoms with Gasteiger partial charge in [0.1, 0.15) is 0 Å². The quantitative estimate of drug-likeness (QED) is 0.518. The lowest BCUT2D eigenvalue weighted by molar-refractivity contribution is 0.108. The maximum absolute atomic E-state index is 5.70. The van der Waals surface area contributed by atoms with Gasteiger partial charge in [0.25, 0.3) is 0 Å². The van der Waals surface area contributed by atoms with Gasteiger partial charge >= 0.3 is 0 Å². The Morgan fingerprint density at radius 3 is 2.23 bits per heavy atom. The van der Waals surface area contributed by atoms with Crippen molar-refractivity contribution < 1.29 is 0 Å². The maximum atomic E-state index is 5.70. The Balaban J connectivity index is 2.01. The Bertz CT molecular complexity index is 169. The molecule has 0 aromatic carbocycles. The number of rotatable bonds is 3. The van der Waals surface area contributed by atoms with Crippen LogP contribution in [-0.4, -0.2) is 6.04 Å². The minimum absolute atomic E-state index is 0.500. The summed E-state index contributed by atoms with van der Waals surface area (Å²) in [6.07, 6.45) is 9.76. The molecule has 0 spiro atoms. The summed E-state index contributed by atoms with van der Waals surface area (Å²) in [5.74, 6) is 6.57. The lowest BCUT2D eigenvalue weighted by atomic mass is 9.68.